The number of benzene rings is 1. The first-order valence-corrected chi connectivity index (χ1v) is 8.23. The first-order chi connectivity index (χ1) is 10.4. The highest BCUT2D eigenvalue weighted by molar-refractivity contribution is 7.90. The summed E-state index contributed by atoms with van der Waals surface area (Å²) in [6.07, 6.45) is 2.94. The third-order valence-electron chi connectivity index (χ3n) is 3.65. The molecule has 0 aliphatic heterocycles. The number of carbonyl (C=O) groups excluding carboxylic acids is 1. The van der Waals surface area contributed by atoms with Gasteiger partial charge in [0.2, 0.25) is 5.91 Å². The molecule has 2 aromatic rings. The highest BCUT2D eigenvalue weighted by Crippen LogP contribution is 2.37. The van der Waals surface area contributed by atoms with E-state index >= 15 is 0 Å². The monoisotopic (exact) mass is 323 g/mol. The second-order valence-corrected chi connectivity index (χ2v) is 7.04. The number of hydrogen-bond donors (Lipinski definition) is 1. The molecule has 0 bridgehead atoms. The predicted molar refractivity (Wildman–Crippen MR) is 76.1 cm³/mol. The normalized spacial score (nSPS) is 20.6. The Labute approximate surface area is 127 Å². The molecule has 22 heavy (non-hydrogen) atoms. The van der Waals surface area contributed by atoms with E-state index in [1.165, 1.54) is 24.4 Å². The summed E-state index contributed by atoms with van der Waals surface area (Å²) in [7, 11) is -3.99. The average Bonchev–Trinajstić information content (AvgIpc) is 3.00. The summed E-state index contributed by atoms with van der Waals surface area (Å²) in [5, 5.41) is 3.84. The first-order valence-electron chi connectivity index (χ1n) is 6.75. The van der Waals surface area contributed by atoms with Crippen LogP contribution in [0, 0.1) is 17.7 Å². The molecule has 2 atom stereocenters. The SMILES string of the molecule is C[C@@H]1C[C@@H]1C(=O)NS(=O)(=O)c1cnn(-c2ccccc2F)c1. The topological polar surface area (TPSA) is 81.1 Å². The minimum absolute atomic E-state index is 0.131. The number of hydrogen-bond acceptors (Lipinski definition) is 4. The molecule has 1 N–H and O–H groups in total. The molecule has 1 heterocycles. The molecule has 0 radical (unpaired) electrons. The van der Waals surface area contributed by atoms with Crippen LogP contribution < -0.4 is 4.72 Å². The Morgan fingerprint density at radius 2 is 2.09 bits per heavy atom. The largest absolute Gasteiger partial charge is 0.274 e. The fourth-order valence-corrected chi connectivity index (χ4v) is 3.13. The highest BCUT2D eigenvalue weighted by atomic mass is 32.2. The van der Waals surface area contributed by atoms with Crippen molar-refractivity contribution in [1.82, 2.24) is 14.5 Å². The predicted octanol–water partition coefficient (Wildman–Crippen LogP) is 1.47. The maximum absolute atomic E-state index is 13.7. The molecule has 8 heteroatoms. The molecule has 0 saturated heterocycles. The van der Waals surface area contributed by atoms with Gasteiger partial charge in [0.1, 0.15) is 16.4 Å². The van der Waals surface area contributed by atoms with Crippen molar-refractivity contribution in [2.45, 2.75) is 18.2 Å². The van der Waals surface area contributed by atoms with Gasteiger partial charge in [-0.1, -0.05) is 19.1 Å². The Balaban J connectivity index is 1.84. The molecular weight excluding hydrogens is 309 g/mol. The van der Waals surface area contributed by atoms with Gasteiger partial charge in [0.25, 0.3) is 10.0 Å². The maximum Gasteiger partial charge on any atom is 0.267 e. The van der Waals surface area contributed by atoms with Crippen LogP contribution in [0.4, 0.5) is 4.39 Å². The molecule has 1 aliphatic rings. The van der Waals surface area contributed by atoms with Gasteiger partial charge in [-0.15, -0.1) is 0 Å². The van der Waals surface area contributed by atoms with Gasteiger partial charge in [-0.3, -0.25) is 4.79 Å². The number of sulfonamides is 1. The maximum atomic E-state index is 13.7. The van der Waals surface area contributed by atoms with Crippen molar-refractivity contribution in [2.75, 3.05) is 0 Å². The van der Waals surface area contributed by atoms with Crippen molar-refractivity contribution in [2.24, 2.45) is 11.8 Å². The lowest BCUT2D eigenvalue weighted by Gasteiger charge is -2.04. The Morgan fingerprint density at radius 3 is 2.73 bits per heavy atom. The van der Waals surface area contributed by atoms with Crippen LogP contribution in [-0.2, 0) is 14.8 Å². The summed E-state index contributed by atoms with van der Waals surface area (Å²) in [5.41, 5.74) is 0.131. The number of halogens is 1. The van der Waals surface area contributed by atoms with Gasteiger partial charge in [0, 0.05) is 5.92 Å². The number of amides is 1. The average molecular weight is 323 g/mol. The van der Waals surface area contributed by atoms with E-state index in [0.29, 0.717) is 6.42 Å². The minimum atomic E-state index is -3.99. The third kappa shape index (κ3) is 2.74. The van der Waals surface area contributed by atoms with Gasteiger partial charge < -0.3 is 0 Å². The van der Waals surface area contributed by atoms with E-state index in [1.54, 1.807) is 6.07 Å². The quantitative estimate of drug-likeness (QED) is 0.924. The Kier molecular flexibility index (Phi) is 3.48. The van der Waals surface area contributed by atoms with Gasteiger partial charge in [-0.2, -0.15) is 5.10 Å². The molecule has 0 unspecified atom stereocenters. The van der Waals surface area contributed by atoms with Crippen LogP contribution in [0.2, 0.25) is 0 Å². The molecule has 6 nitrogen and oxygen atoms in total. The van der Waals surface area contributed by atoms with Gasteiger partial charge >= 0.3 is 0 Å². The number of nitrogens with zero attached hydrogens (tertiary/aromatic N) is 2. The molecule has 3 rings (SSSR count). The van der Waals surface area contributed by atoms with Gasteiger partial charge in [0.05, 0.1) is 12.4 Å². The number of rotatable bonds is 4. The van der Waals surface area contributed by atoms with E-state index in [-0.39, 0.29) is 22.4 Å². The minimum Gasteiger partial charge on any atom is -0.274 e. The Bertz CT molecular complexity index is 831. The van der Waals surface area contributed by atoms with E-state index in [9.17, 15) is 17.6 Å². The zero-order chi connectivity index (χ0) is 15.9. The summed E-state index contributed by atoms with van der Waals surface area (Å²) in [6, 6.07) is 5.87. The van der Waals surface area contributed by atoms with Crippen LogP contribution in [-0.4, -0.2) is 24.1 Å². The first kappa shape index (κ1) is 14.7. The standard InChI is InChI=1S/C14H14FN3O3S/c1-9-6-11(9)14(19)17-22(20,21)10-7-16-18(8-10)13-5-3-2-4-12(13)15/h2-5,7-9,11H,6H2,1H3,(H,17,19)/t9-,11+/m1/s1. The van der Waals surface area contributed by atoms with Crippen molar-refractivity contribution in [3.05, 3.63) is 42.5 Å². The Hall–Kier alpha value is -2.22. The third-order valence-corrected chi connectivity index (χ3v) is 4.95. The summed E-state index contributed by atoms with van der Waals surface area (Å²) >= 11 is 0. The van der Waals surface area contributed by atoms with Crippen LogP contribution in [0.1, 0.15) is 13.3 Å². The molecule has 1 fully saturated rings. The highest BCUT2D eigenvalue weighted by Gasteiger charge is 2.40. The summed E-state index contributed by atoms with van der Waals surface area (Å²) < 4.78 is 41.1. The molecule has 1 amide bonds. The van der Waals surface area contributed by atoms with Crippen LogP contribution >= 0.6 is 0 Å². The second kappa shape index (κ2) is 5.20. The number of carbonyl (C=O) groups is 1. The van der Waals surface area contributed by atoms with E-state index in [2.05, 4.69) is 5.10 Å². The number of para-hydroxylation sites is 1. The molecular formula is C14H14FN3O3S. The molecule has 1 aliphatic carbocycles. The van der Waals surface area contributed by atoms with Gasteiger partial charge in [-0.05, 0) is 24.5 Å². The molecule has 1 saturated carbocycles. The smallest absolute Gasteiger partial charge is 0.267 e. The molecule has 116 valence electrons. The molecule has 1 aromatic carbocycles. The van der Waals surface area contributed by atoms with Gasteiger partial charge in [0.15, 0.2) is 0 Å². The molecule has 1 aromatic heterocycles. The van der Waals surface area contributed by atoms with Crippen molar-refractivity contribution in [1.29, 1.82) is 0 Å². The summed E-state index contributed by atoms with van der Waals surface area (Å²) in [5.74, 6) is -1.08. The van der Waals surface area contributed by atoms with Crippen molar-refractivity contribution in [3.63, 3.8) is 0 Å². The van der Waals surface area contributed by atoms with E-state index < -0.39 is 21.7 Å². The van der Waals surface area contributed by atoms with E-state index in [1.807, 2.05) is 11.6 Å². The summed E-state index contributed by atoms with van der Waals surface area (Å²) in [6.45, 7) is 1.88. The zero-order valence-electron chi connectivity index (χ0n) is 11.7. The van der Waals surface area contributed by atoms with Crippen LogP contribution in [0.25, 0.3) is 5.69 Å². The summed E-state index contributed by atoms with van der Waals surface area (Å²) in [4.78, 5) is 11.6. The van der Waals surface area contributed by atoms with Crippen LogP contribution in [0.5, 0.6) is 0 Å². The lowest BCUT2D eigenvalue weighted by atomic mass is 10.3. The second-order valence-electron chi connectivity index (χ2n) is 5.36. The van der Waals surface area contributed by atoms with E-state index in [0.717, 1.165) is 10.9 Å². The van der Waals surface area contributed by atoms with Crippen molar-refractivity contribution >= 4 is 15.9 Å². The lowest BCUT2D eigenvalue weighted by Crippen LogP contribution is -2.31. The van der Waals surface area contributed by atoms with E-state index in [4.69, 9.17) is 0 Å². The lowest BCUT2D eigenvalue weighted by molar-refractivity contribution is -0.120. The van der Waals surface area contributed by atoms with Crippen molar-refractivity contribution in [3.8, 4) is 5.69 Å². The van der Waals surface area contributed by atoms with Gasteiger partial charge in [-0.25, -0.2) is 22.2 Å². The van der Waals surface area contributed by atoms with Crippen molar-refractivity contribution < 1.29 is 17.6 Å². The zero-order valence-corrected chi connectivity index (χ0v) is 12.5. The number of nitrogens with one attached hydrogen (secondary N) is 1. The van der Waals surface area contributed by atoms with Crippen LogP contribution in [0.15, 0.2) is 41.6 Å². The fraction of sp³-hybridized carbons (Fsp3) is 0.286. The number of aromatic nitrogens is 2. The Morgan fingerprint density at radius 1 is 1.41 bits per heavy atom. The molecule has 0 spiro atoms. The fourth-order valence-electron chi connectivity index (χ4n) is 2.17. The van der Waals surface area contributed by atoms with Crippen LogP contribution in [0.3, 0.4) is 0 Å².